The molecule has 2 aromatic rings. The van der Waals surface area contributed by atoms with Crippen LogP contribution in [0.15, 0.2) is 36.4 Å². The molecule has 0 bridgehead atoms. The molecule has 0 aliphatic carbocycles. The van der Waals surface area contributed by atoms with Crippen molar-refractivity contribution in [3.8, 4) is 17.2 Å². The van der Waals surface area contributed by atoms with Gasteiger partial charge in [-0.15, -0.1) is 0 Å². The van der Waals surface area contributed by atoms with Crippen LogP contribution in [0.25, 0.3) is 0 Å². The van der Waals surface area contributed by atoms with Gasteiger partial charge in [0.05, 0.1) is 13.2 Å². The SMILES string of the molecule is CNC(c1ccc2c(c1)OCO2)c1ccc(OC)cc1Cl. The van der Waals surface area contributed by atoms with Crippen molar-refractivity contribution in [2.45, 2.75) is 6.04 Å². The Morgan fingerprint density at radius 2 is 1.95 bits per heavy atom. The normalized spacial score (nSPS) is 14.0. The lowest BCUT2D eigenvalue weighted by Gasteiger charge is -2.19. The summed E-state index contributed by atoms with van der Waals surface area (Å²) in [5.74, 6) is 2.27. The number of methoxy groups -OCH3 is 1. The third kappa shape index (κ3) is 2.64. The van der Waals surface area contributed by atoms with Crippen LogP contribution in [0.2, 0.25) is 5.02 Å². The number of halogens is 1. The Balaban J connectivity index is 1.98. The van der Waals surface area contributed by atoms with E-state index < -0.39 is 0 Å². The third-order valence-corrected chi connectivity index (χ3v) is 3.86. The summed E-state index contributed by atoms with van der Waals surface area (Å²) in [6.07, 6.45) is 0. The molecule has 0 amide bonds. The largest absolute Gasteiger partial charge is 0.497 e. The molecule has 0 spiro atoms. The van der Waals surface area contributed by atoms with Gasteiger partial charge in [0, 0.05) is 5.02 Å². The number of hydrogen-bond acceptors (Lipinski definition) is 4. The Labute approximate surface area is 128 Å². The van der Waals surface area contributed by atoms with Gasteiger partial charge in [0.15, 0.2) is 11.5 Å². The summed E-state index contributed by atoms with van der Waals surface area (Å²) in [7, 11) is 3.52. The van der Waals surface area contributed by atoms with Gasteiger partial charge >= 0.3 is 0 Å². The number of nitrogens with one attached hydrogen (secondary N) is 1. The van der Waals surface area contributed by atoms with Crippen LogP contribution >= 0.6 is 11.6 Å². The number of ether oxygens (including phenoxy) is 3. The van der Waals surface area contributed by atoms with E-state index in [9.17, 15) is 0 Å². The first-order valence-corrected chi connectivity index (χ1v) is 7.01. The highest BCUT2D eigenvalue weighted by molar-refractivity contribution is 6.31. The van der Waals surface area contributed by atoms with Crippen molar-refractivity contribution in [3.63, 3.8) is 0 Å². The highest BCUT2D eigenvalue weighted by atomic mass is 35.5. The Bertz CT molecular complexity index is 660. The molecule has 5 heteroatoms. The highest BCUT2D eigenvalue weighted by Gasteiger charge is 2.20. The summed E-state index contributed by atoms with van der Waals surface area (Å²) in [5, 5.41) is 3.94. The van der Waals surface area contributed by atoms with Gasteiger partial charge in [-0.25, -0.2) is 0 Å². The van der Waals surface area contributed by atoms with Crippen molar-refractivity contribution in [3.05, 3.63) is 52.5 Å². The molecule has 1 aliphatic rings. The first-order chi connectivity index (χ1) is 10.2. The fourth-order valence-electron chi connectivity index (χ4n) is 2.46. The quantitative estimate of drug-likeness (QED) is 0.940. The molecule has 1 unspecified atom stereocenters. The Morgan fingerprint density at radius 1 is 1.14 bits per heavy atom. The second-order valence-electron chi connectivity index (χ2n) is 4.72. The predicted molar refractivity (Wildman–Crippen MR) is 81.5 cm³/mol. The van der Waals surface area contributed by atoms with Crippen molar-refractivity contribution in [1.82, 2.24) is 5.32 Å². The lowest BCUT2D eigenvalue weighted by Crippen LogP contribution is -2.18. The van der Waals surface area contributed by atoms with Crippen molar-refractivity contribution >= 4 is 11.6 Å². The minimum absolute atomic E-state index is 0.0297. The van der Waals surface area contributed by atoms with Crippen LogP contribution in [0.4, 0.5) is 0 Å². The summed E-state index contributed by atoms with van der Waals surface area (Å²) in [5.41, 5.74) is 2.05. The molecule has 110 valence electrons. The Kier molecular flexibility index (Phi) is 3.90. The van der Waals surface area contributed by atoms with Crippen LogP contribution in [-0.2, 0) is 0 Å². The van der Waals surface area contributed by atoms with E-state index in [-0.39, 0.29) is 12.8 Å². The number of hydrogen-bond donors (Lipinski definition) is 1. The molecular weight excluding hydrogens is 290 g/mol. The van der Waals surface area contributed by atoms with Gasteiger partial charge in [0.2, 0.25) is 6.79 Å². The summed E-state index contributed by atoms with van der Waals surface area (Å²) in [6, 6.07) is 11.6. The van der Waals surface area contributed by atoms with Crippen LogP contribution in [0.5, 0.6) is 17.2 Å². The standard InChI is InChI=1S/C16H16ClNO3/c1-18-16(12-5-4-11(19-2)8-13(12)17)10-3-6-14-15(7-10)21-9-20-14/h3-8,16,18H,9H2,1-2H3. The molecule has 1 N–H and O–H groups in total. The van der Waals surface area contributed by atoms with E-state index in [1.54, 1.807) is 7.11 Å². The predicted octanol–water partition coefficient (Wildman–Crippen LogP) is 3.39. The first kappa shape index (κ1) is 14.0. The molecule has 0 radical (unpaired) electrons. The molecule has 0 saturated heterocycles. The molecule has 1 aliphatic heterocycles. The molecule has 1 heterocycles. The van der Waals surface area contributed by atoms with Gasteiger partial charge in [-0.3, -0.25) is 0 Å². The molecule has 1 atom stereocenters. The van der Waals surface area contributed by atoms with Crippen LogP contribution in [0.3, 0.4) is 0 Å². The molecule has 0 aromatic heterocycles. The minimum Gasteiger partial charge on any atom is -0.497 e. The summed E-state index contributed by atoms with van der Waals surface area (Å²) >= 11 is 6.37. The lowest BCUT2D eigenvalue weighted by molar-refractivity contribution is 0.174. The van der Waals surface area contributed by atoms with Crippen LogP contribution in [0.1, 0.15) is 17.2 Å². The summed E-state index contributed by atoms with van der Waals surface area (Å²) in [6.45, 7) is 0.270. The van der Waals surface area contributed by atoms with Gasteiger partial charge < -0.3 is 19.5 Å². The van der Waals surface area contributed by atoms with Gasteiger partial charge in [-0.2, -0.15) is 0 Å². The van der Waals surface area contributed by atoms with E-state index in [0.29, 0.717) is 5.02 Å². The molecular formula is C16H16ClNO3. The Morgan fingerprint density at radius 3 is 2.67 bits per heavy atom. The molecule has 2 aromatic carbocycles. The number of rotatable bonds is 4. The van der Waals surface area contributed by atoms with Crippen molar-refractivity contribution in [2.24, 2.45) is 0 Å². The monoisotopic (exact) mass is 305 g/mol. The van der Waals surface area contributed by atoms with E-state index in [1.807, 2.05) is 43.4 Å². The molecule has 3 rings (SSSR count). The van der Waals surface area contributed by atoms with Crippen molar-refractivity contribution < 1.29 is 14.2 Å². The maximum absolute atomic E-state index is 6.37. The summed E-state index contributed by atoms with van der Waals surface area (Å²) in [4.78, 5) is 0. The van der Waals surface area contributed by atoms with Crippen molar-refractivity contribution in [1.29, 1.82) is 0 Å². The third-order valence-electron chi connectivity index (χ3n) is 3.54. The topological polar surface area (TPSA) is 39.7 Å². The van der Waals surface area contributed by atoms with E-state index in [2.05, 4.69) is 5.32 Å². The van der Waals surface area contributed by atoms with Crippen LogP contribution in [-0.4, -0.2) is 21.0 Å². The molecule has 4 nitrogen and oxygen atoms in total. The van der Waals surface area contributed by atoms with E-state index >= 15 is 0 Å². The van der Waals surface area contributed by atoms with E-state index in [4.69, 9.17) is 25.8 Å². The number of fused-ring (bicyclic) bond motifs is 1. The smallest absolute Gasteiger partial charge is 0.231 e. The average molecular weight is 306 g/mol. The van der Waals surface area contributed by atoms with E-state index in [1.165, 1.54) is 0 Å². The lowest BCUT2D eigenvalue weighted by atomic mass is 9.98. The van der Waals surface area contributed by atoms with Crippen molar-refractivity contribution in [2.75, 3.05) is 21.0 Å². The summed E-state index contributed by atoms with van der Waals surface area (Å²) < 4.78 is 16.0. The first-order valence-electron chi connectivity index (χ1n) is 6.63. The second-order valence-corrected chi connectivity index (χ2v) is 5.13. The van der Waals surface area contributed by atoms with Gasteiger partial charge in [-0.1, -0.05) is 23.7 Å². The van der Waals surface area contributed by atoms with Gasteiger partial charge in [0.25, 0.3) is 0 Å². The minimum atomic E-state index is -0.0297. The molecule has 0 fully saturated rings. The zero-order valence-corrected chi connectivity index (χ0v) is 12.6. The zero-order chi connectivity index (χ0) is 14.8. The maximum Gasteiger partial charge on any atom is 0.231 e. The maximum atomic E-state index is 6.37. The fourth-order valence-corrected chi connectivity index (χ4v) is 2.74. The highest BCUT2D eigenvalue weighted by Crippen LogP contribution is 2.37. The van der Waals surface area contributed by atoms with E-state index in [0.717, 1.165) is 28.4 Å². The second kappa shape index (κ2) is 5.84. The molecule has 0 saturated carbocycles. The number of benzene rings is 2. The van der Waals surface area contributed by atoms with Gasteiger partial charge in [0.1, 0.15) is 5.75 Å². The van der Waals surface area contributed by atoms with Gasteiger partial charge in [-0.05, 0) is 42.4 Å². The van der Waals surface area contributed by atoms with Crippen LogP contribution < -0.4 is 19.5 Å². The average Bonchev–Trinajstić information content (AvgIpc) is 2.97. The Hall–Kier alpha value is -1.91. The zero-order valence-electron chi connectivity index (χ0n) is 11.9. The molecule has 21 heavy (non-hydrogen) atoms. The van der Waals surface area contributed by atoms with Crippen LogP contribution in [0, 0.1) is 0 Å². The fraction of sp³-hybridized carbons (Fsp3) is 0.250.